The molecule has 0 aromatic heterocycles. The molecule has 0 radical (unpaired) electrons. The Morgan fingerprint density at radius 1 is 0.900 bits per heavy atom. The van der Waals surface area contributed by atoms with E-state index in [1.165, 1.54) is 12.1 Å². The van der Waals surface area contributed by atoms with E-state index in [1.54, 1.807) is 6.21 Å². The molecule has 20 heavy (non-hydrogen) atoms. The van der Waals surface area contributed by atoms with Crippen molar-refractivity contribution in [2.24, 2.45) is 4.99 Å². The quantitative estimate of drug-likeness (QED) is 0.714. The molecule has 0 aliphatic rings. The van der Waals surface area contributed by atoms with Crippen LogP contribution < -0.4 is 0 Å². The van der Waals surface area contributed by atoms with Crippen LogP contribution in [0.1, 0.15) is 18.1 Å². The lowest BCUT2D eigenvalue weighted by Crippen LogP contribution is -2.03. The lowest BCUT2D eigenvalue weighted by molar-refractivity contribution is -0.137. The van der Waals surface area contributed by atoms with Crippen molar-refractivity contribution >= 4 is 6.21 Å². The van der Waals surface area contributed by atoms with Crippen LogP contribution in [-0.2, 0) is 6.18 Å². The second-order valence-corrected chi connectivity index (χ2v) is 4.33. The molecule has 0 amide bonds. The Kier molecular flexibility index (Phi) is 4.23. The molecule has 0 bridgehead atoms. The van der Waals surface area contributed by atoms with E-state index in [4.69, 9.17) is 0 Å². The van der Waals surface area contributed by atoms with Crippen molar-refractivity contribution in [1.82, 2.24) is 0 Å². The molecule has 0 N–H and O–H groups in total. The van der Waals surface area contributed by atoms with Gasteiger partial charge in [0.1, 0.15) is 0 Å². The van der Waals surface area contributed by atoms with Crippen LogP contribution in [0, 0.1) is 0 Å². The van der Waals surface area contributed by atoms with Crippen molar-refractivity contribution in [3.63, 3.8) is 0 Å². The molecule has 0 saturated heterocycles. The van der Waals surface area contributed by atoms with Gasteiger partial charge in [-0.2, -0.15) is 13.2 Å². The Bertz CT molecular complexity index is 581. The Balaban J connectivity index is 2.21. The molecule has 0 spiro atoms. The van der Waals surface area contributed by atoms with E-state index < -0.39 is 11.7 Å². The predicted molar refractivity (Wildman–Crippen MR) is 75.0 cm³/mol. The van der Waals surface area contributed by atoms with Gasteiger partial charge in [-0.15, -0.1) is 0 Å². The maximum Gasteiger partial charge on any atom is 0.416 e. The Labute approximate surface area is 115 Å². The van der Waals surface area contributed by atoms with Crippen molar-refractivity contribution in [3.8, 4) is 11.1 Å². The first-order valence-corrected chi connectivity index (χ1v) is 6.28. The summed E-state index contributed by atoms with van der Waals surface area (Å²) in [7, 11) is 0. The summed E-state index contributed by atoms with van der Waals surface area (Å²) in [5, 5.41) is 0. The third-order valence-electron chi connectivity index (χ3n) is 2.88. The zero-order chi connectivity index (χ0) is 14.6. The zero-order valence-electron chi connectivity index (χ0n) is 11.0. The van der Waals surface area contributed by atoms with Gasteiger partial charge in [-0.05, 0) is 35.7 Å². The maximum atomic E-state index is 12.5. The number of rotatable bonds is 3. The molecule has 1 nitrogen and oxygen atoms in total. The number of benzene rings is 2. The summed E-state index contributed by atoms with van der Waals surface area (Å²) in [5.41, 5.74) is 1.99. The first kappa shape index (κ1) is 14.3. The van der Waals surface area contributed by atoms with E-state index in [1.807, 2.05) is 31.2 Å². The fourth-order valence-electron chi connectivity index (χ4n) is 1.81. The standard InChI is InChI=1S/C16H14F3N/c1-2-20-11-12-3-5-13(6-4-12)14-7-9-15(10-8-14)16(17,18)19/h3-11H,2H2,1H3. The van der Waals surface area contributed by atoms with Crippen molar-refractivity contribution < 1.29 is 13.2 Å². The van der Waals surface area contributed by atoms with Crippen molar-refractivity contribution in [1.29, 1.82) is 0 Å². The van der Waals surface area contributed by atoms with Crippen molar-refractivity contribution in [3.05, 3.63) is 59.7 Å². The van der Waals surface area contributed by atoms with E-state index >= 15 is 0 Å². The smallest absolute Gasteiger partial charge is 0.293 e. The van der Waals surface area contributed by atoms with Gasteiger partial charge < -0.3 is 0 Å². The Morgan fingerprint density at radius 2 is 1.40 bits per heavy atom. The number of alkyl halides is 3. The summed E-state index contributed by atoms with van der Waals surface area (Å²) >= 11 is 0. The molecule has 2 aromatic carbocycles. The minimum absolute atomic E-state index is 0.632. The van der Waals surface area contributed by atoms with Crippen LogP contribution in [0.25, 0.3) is 11.1 Å². The van der Waals surface area contributed by atoms with Gasteiger partial charge in [0.05, 0.1) is 5.56 Å². The number of nitrogens with zero attached hydrogens (tertiary/aromatic N) is 1. The van der Waals surface area contributed by atoms with Crippen molar-refractivity contribution in [2.45, 2.75) is 13.1 Å². The summed E-state index contributed by atoms with van der Waals surface area (Å²) in [6.45, 7) is 2.67. The SMILES string of the molecule is CCN=Cc1ccc(-c2ccc(C(F)(F)F)cc2)cc1. The average molecular weight is 277 g/mol. The normalized spacial score (nSPS) is 12.0. The molecule has 0 unspecified atom stereocenters. The molecule has 2 rings (SSSR count). The van der Waals surface area contributed by atoms with Crippen LogP contribution in [0.3, 0.4) is 0 Å². The number of hydrogen-bond donors (Lipinski definition) is 0. The second-order valence-electron chi connectivity index (χ2n) is 4.33. The highest BCUT2D eigenvalue weighted by atomic mass is 19.4. The number of halogens is 3. The molecule has 4 heteroatoms. The number of aliphatic imine (C=N–C) groups is 1. The summed E-state index contributed by atoms with van der Waals surface area (Å²) in [4.78, 5) is 4.13. The van der Waals surface area contributed by atoms with Gasteiger partial charge in [-0.25, -0.2) is 0 Å². The third kappa shape index (κ3) is 3.47. The van der Waals surface area contributed by atoms with Gasteiger partial charge in [0, 0.05) is 12.8 Å². The van der Waals surface area contributed by atoms with Crippen LogP contribution in [0.4, 0.5) is 13.2 Å². The van der Waals surface area contributed by atoms with Gasteiger partial charge in [-0.3, -0.25) is 4.99 Å². The molecule has 2 aromatic rings. The molecule has 0 aliphatic carbocycles. The van der Waals surface area contributed by atoms with E-state index in [0.717, 1.165) is 35.4 Å². The fraction of sp³-hybridized carbons (Fsp3) is 0.188. The van der Waals surface area contributed by atoms with Crippen LogP contribution >= 0.6 is 0 Å². The predicted octanol–water partition coefficient (Wildman–Crippen LogP) is 4.81. The Morgan fingerprint density at radius 3 is 1.85 bits per heavy atom. The molecule has 0 fully saturated rings. The molecular formula is C16H14F3N. The highest BCUT2D eigenvalue weighted by molar-refractivity contribution is 5.81. The van der Waals surface area contributed by atoms with Crippen molar-refractivity contribution in [2.75, 3.05) is 6.54 Å². The zero-order valence-corrected chi connectivity index (χ0v) is 11.0. The van der Waals surface area contributed by atoms with E-state index in [0.29, 0.717) is 0 Å². The monoisotopic (exact) mass is 277 g/mol. The first-order valence-electron chi connectivity index (χ1n) is 6.28. The highest BCUT2D eigenvalue weighted by Crippen LogP contribution is 2.30. The third-order valence-corrected chi connectivity index (χ3v) is 2.88. The first-order chi connectivity index (χ1) is 9.50. The van der Waals surface area contributed by atoms with Crippen LogP contribution in [0.15, 0.2) is 53.5 Å². The topological polar surface area (TPSA) is 12.4 Å². The van der Waals surface area contributed by atoms with Gasteiger partial charge in [-0.1, -0.05) is 36.4 Å². The maximum absolute atomic E-state index is 12.5. The number of hydrogen-bond acceptors (Lipinski definition) is 1. The van der Waals surface area contributed by atoms with Gasteiger partial charge >= 0.3 is 6.18 Å². The second kappa shape index (κ2) is 5.90. The van der Waals surface area contributed by atoms with E-state index in [2.05, 4.69) is 4.99 Å². The fourth-order valence-corrected chi connectivity index (χ4v) is 1.81. The lowest BCUT2D eigenvalue weighted by atomic mass is 10.0. The lowest BCUT2D eigenvalue weighted by Gasteiger charge is -2.08. The largest absolute Gasteiger partial charge is 0.416 e. The highest BCUT2D eigenvalue weighted by Gasteiger charge is 2.29. The minimum atomic E-state index is -4.29. The summed E-state index contributed by atoms with van der Waals surface area (Å²) in [6, 6.07) is 12.7. The van der Waals surface area contributed by atoms with E-state index in [9.17, 15) is 13.2 Å². The van der Waals surface area contributed by atoms with Gasteiger partial charge in [0.2, 0.25) is 0 Å². The summed E-state index contributed by atoms with van der Waals surface area (Å²) < 4.78 is 37.4. The van der Waals surface area contributed by atoms with Gasteiger partial charge in [0.15, 0.2) is 0 Å². The van der Waals surface area contributed by atoms with Crippen LogP contribution in [0.2, 0.25) is 0 Å². The molecule has 0 saturated carbocycles. The molecule has 0 heterocycles. The van der Waals surface area contributed by atoms with E-state index in [-0.39, 0.29) is 0 Å². The molecule has 0 aliphatic heterocycles. The molecule has 0 atom stereocenters. The summed E-state index contributed by atoms with van der Waals surface area (Å²) in [6.07, 6.45) is -2.52. The van der Waals surface area contributed by atoms with Gasteiger partial charge in [0.25, 0.3) is 0 Å². The average Bonchev–Trinajstić information content (AvgIpc) is 2.45. The van der Waals surface area contributed by atoms with Crippen LogP contribution in [-0.4, -0.2) is 12.8 Å². The minimum Gasteiger partial charge on any atom is -0.293 e. The molecular weight excluding hydrogens is 263 g/mol. The molecule has 104 valence electrons. The summed E-state index contributed by atoms with van der Waals surface area (Å²) in [5.74, 6) is 0. The van der Waals surface area contributed by atoms with Crippen LogP contribution in [0.5, 0.6) is 0 Å². The Hall–Kier alpha value is -2.10.